The molecule has 0 bridgehead atoms. The summed E-state index contributed by atoms with van der Waals surface area (Å²) in [6.45, 7) is 0. The van der Waals surface area contributed by atoms with Crippen molar-refractivity contribution in [3.8, 4) is 0 Å². The number of anilines is 3. The average molecular weight is 323 g/mol. The lowest BCUT2D eigenvalue weighted by atomic mass is 10.2. The number of hydrogen-bond donors (Lipinski definition) is 2. The maximum atomic E-state index is 13.4. The third kappa shape index (κ3) is 2.12. The largest absolute Gasteiger partial charge is 0.397 e. The first kappa shape index (κ1) is 11.9. The molecule has 3 rings (SSSR count). The van der Waals surface area contributed by atoms with Crippen LogP contribution >= 0.6 is 15.9 Å². The van der Waals surface area contributed by atoms with Gasteiger partial charge in [-0.15, -0.1) is 0 Å². The van der Waals surface area contributed by atoms with Crippen LogP contribution in [0.2, 0.25) is 0 Å². The number of nitrogens with one attached hydrogen (secondary N) is 1. The molecule has 2 aromatic carbocycles. The van der Waals surface area contributed by atoms with E-state index in [4.69, 9.17) is 5.73 Å². The molecule has 3 aromatic rings. The van der Waals surface area contributed by atoms with Crippen molar-refractivity contribution in [3.63, 3.8) is 0 Å². The highest BCUT2D eigenvalue weighted by atomic mass is 79.9. The van der Waals surface area contributed by atoms with E-state index in [0.717, 1.165) is 0 Å². The van der Waals surface area contributed by atoms with Crippen LogP contribution < -0.4 is 11.1 Å². The topological polar surface area (TPSA) is 77.0 Å². The van der Waals surface area contributed by atoms with Crippen LogP contribution in [0.25, 0.3) is 11.0 Å². The van der Waals surface area contributed by atoms with Gasteiger partial charge in [-0.05, 0) is 56.6 Å². The van der Waals surface area contributed by atoms with Gasteiger partial charge in [-0.25, -0.2) is 9.02 Å². The molecule has 0 saturated heterocycles. The first-order chi connectivity index (χ1) is 9.15. The molecule has 0 spiro atoms. The molecule has 0 unspecified atom stereocenters. The van der Waals surface area contributed by atoms with Gasteiger partial charge in [0.2, 0.25) is 0 Å². The van der Waals surface area contributed by atoms with Gasteiger partial charge in [-0.1, -0.05) is 0 Å². The second kappa shape index (κ2) is 4.51. The Morgan fingerprint density at radius 1 is 1.16 bits per heavy atom. The summed E-state index contributed by atoms with van der Waals surface area (Å²) in [7, 11) is 0. The fourth-order valence-corrected chi connectivity index (χ4v) is 1.96. The van der Waals surface area contributed by atoms with E-state index in [1.165, 1.54) is 6.07 Å². The van der Waals surface area contributed by atoms with Crippen molar-refractivity contribution >= 4 is 44.0 Å². The Morgan fingerprint density at radius 3 is 2.74 bits per heavy atom. The third-order valence-electron chi connectivity index (χ3n) is 2.65. The van der Waals surface area contributed by atoms with Gasteiger partial charge in [0.1, 0.15) is 5.82 Å². The zero-order chi connectivity index (χ0) is 13.4. The van der Waals surface area contributed by atoms with Crippen LogP contribution in [0.1, 0.15) is 0 Å². The molecule has 5 nitrogen and oxygen atoms in total. The van der Waals surface area contributed by atoms with Gasteiger partial charge < -0.3 is 11.1 Å². The van der Waals surface area contributed by atoms with E-state index >= 15 is 0 Å². The van der Waals surface area contributed by atoms with Gasteiger partial charge in [-0.2, -0.15) is 0 Å². The molecular formula is C12H8BrFN4O. The Balaban J connectivity index is 2.03. The molecular weight excluding hydrogens is 315 g/mol. The molecule has 0 atom stereocenters. The summed E-state index contributed by atoms with van der Waals surface area (Å²) in [6, 6.07) is 8.15. The molecule has 19 heavy (non-hydrogen) atoms. The Kier molecular flexibility index (Phi) is 2.83. The summed E-state index contributed by atoms with van der Waals surface area (Å²) in [4.78, 5) is 0. The molecule has 0 aliphatic rings. The average Bonchev–Trinajstić information content (AvgIpc) is 2.87. The third-order valence-corrected chi connectivity index (χ3v) is 3.29. The van der Waals surface area contributed by atoms with Gasteiger partial charge in [0, 0.05) is 5.69 Å². The summed E-state index contributed by atoms with van der Waals surface area (Å²) in [6.07, 6.45) is 0. The molecule has 7 heteroatoms. The first-order valence-corrected chi connectivity index (χ1v) is 6.17. The minimum atomic E-state index is -0.352. The fraction of sp³-hybridized carbons (Fsp3) is 0. The van der Waals surface area contributed by atoms with E-state index in [0.29, 0.717) is 32.6 Å². The van der Waals surface area contributed by atoms with Crippen LogP contribution in [0.3, 0.4) is 0 Å². The van der Waals surface area contributed by atoms with E-state index in [2.05, 4.69) is 36.2 Å². The normalized spacial score (nSPS) is 10.8. The number of nitrogens with two attached hydrogens (primary N) is 1. The maximum Gasteiger partial charge on any atom is 0.160 e. The number of nitrogens with zero attached hydrogens (tertiary/aromatic N) is 2. The quantitative estimate of drug-likeness (QED) is 0.706. The molecule has 0 radical (unpaired) electrons. The highest BCUT2D eigenvalue weighted by Crippen LogP contribution is 2.29. The van der Waals surface area contributed by atoms with Crippen molar-refractivity contribution in [1.82, 2.24) is 10.3 Å². The van der Waals surface area contributed by atoms with E-state index in [9.17, 15) is 4.39 Å². The van der Waals surface area contributed by atoms with Crippen molar-refractivity contribution in [3.05, 3.63) is 40.6 Å². The van der Waals surface area contributed by atoms with Gasteiger partial charge in [0.15, 0.2) is 11.0 Å². The summed E-state index contributed by atoms with van der Waals surface area (Å²) < 4.78 is 18.5. The van der Waals surface area contributed by atoms with Crippen molar-refractivity contribution in [2.75, 3.05) is 11.1 Å². The minimum Gasteiger partial charge on any atom is -0.397 e. The lowest BCUT2D eigenvalue weighted by Gasteiger charge is -2.07. The molecule has 0 aliphatic heterocycles. The van der Waals surface area contributed by atoms with Crippen LogP contribution in [0.5, 0.6) is 0 Å². The smallest absolute Gasteiger partial charge is 0.160 e. The van der Waals surface area contributed by atoms with Crippen LogP contribution in [0.4, 0.5) is 21.5 Å². The molecule has 0 aliphatic carbocycles. The van der Waals surface area contributed by atoms with Gasteiger partial charge in [0.05, 0.1) is 15.8 Å². The highest BCUT2D eigenvalue weighted by Gasteiger charge is 2.10. The zero-order valence-corrected chi connectivity index (χ0v) is 11.1. The second-order valence-corrected chi connectivity index (χ2v) is 4.77. The first-order valence-electron chi connectivity index (χ1n) is 5.38. The number of nitrogen functional groups attached to an aromatic ring is 1. The molecule has 0 saturated carbocycles. The lowest BCUT2D eigenvalue weighted by molar-refractivity contribution is 0.316. The monoisotopic (exact) mass is 322 g/mol. The highest BCUT2D eigenvalue weighted by molar-refractivity contribution is 9.10. The molecule has 0 amide bonds. The van der Waals surface area contributed by atoms with Gasteiger partial charge in [-0.3, -0.25) is 0 Å². The van der Waals surface area contributed by atoms with Crippen molar-refractivity contribution < 1.29 is 9.02 Å². The van der Waals surface area contributed by atoms with E-state index in [1.807, 2.05) is 0 Å². The Labute approximate surface area is 115 Å². The van der Waals surface area contributed by atoms with Crippen LogP contribution in [0, 0.1) is 5.82 Å². The van der Waals surface area contributed by atoms with Crippen molar-refractivity contribution in [2.24, 2.45) is 0 Å². The minimum absolute atomic E-state index is 0.352. The van der Waals surface area contributed by atoms with E-state index in [1.54, 1.807) is 24.3 Å². The lowest BCUT2D eigenvalue weighted by Crippen LogP contribution is -1.94. The number of rotatable bonds is 2. The van der Waals surface area contributed by atoms with E-state index < -0.39 is 0 Å². The number of fused-ring (bicyclic) bond motifs is 1. The fourth-order valence-electron chi connectivity index (χ4n) is 1.72. The second-order valence-electron chi connectivity index (χ2n) is 3.92. The number of benzene rings is 2. The summed E-state index contributed by atoms with van der Waals surface area (Å²) >= 11 is 3.10. The van der Waals surface area contributed by atoms with Crippen LogP contribution in [0.15, 0.2) is 39.4 Å². The summed E-state index contributed by atoms with van der Waals surface area (Å²) in [5, 5.41) is 10.6. The molecule has 1 aromatic heterocycles. The van der Waals surface area contributed by atoms with Gasteiger partial charge in [0.25, 0.3) is 0 Å². The van der Waals surface area contributed by atoms with Crippen LogP contribution in [-0.2, 0) is 0 Å². The summed E-state index contributed by atoms with van der Waals surface area (Å²) in [5.74, 6) is -0.352. The number of hydrogen-bond acceptors (Lipinski definition) is 5. The molecule has 3 N–H and O–H groups in total. The predicted molar refractivity (Wildman–Crippen MR) is 73.6 cm³/mol. The molecule has 0 fully saturated rings. The molecule has 1 heterocycles. The predicted octanol–water partition coefficient (Wildman–Crippen LogP) is 3.45. The standard InChI is InChI=1S/C12H8BrFN4O/c13-7-2-1-6(5-8(7)14)16-10-4-3-9(15)11-12(10)18-19-17-11/h1-5,16H,15H2. The number of halogens is 2. The van der Waals surface area contributed by atoms with Crippen LogP contribution in [-0.4, -0.2) is 10.3 Å². The molecule has 96 valence electrons. The summed E-state index contributed by atoms with van der Waals surface area (Å²) in [5.41, 5.74) is 8.44. The zero-order valence-electron chi connectivity index (χ0n) is 9.52. The van der Waals surface area contributed by atoms with Crippen molar-refractivity contribution in [1.29, 1.82) is 0 Å². The van der Waals surface area contributed by atoms with Crippen molar-refractivity contribution in [2.45, 2.75) is 0 Å². The number of aromatic nitrogens is 2. The Hall–Kier alpha value is -2.15. The van der Waals surface area contributed by atoms with E-state index in [-0.39, 0.29) is 5.82 Å². The Bertz CT molecular complexity index is 759. The maximum absolute atomic E-state index is 13.4. The SMILES string of the molecule is Nc1ccc(Nc2ccc(Br)c(F)c2)c2nonc12. The van der Waals surface area contributed by atoms with Gasteiger partial charge >= 0.3 is 0 Å². The Morgan fingerprint density at radius 2 is 1.95 bits per heavy atom.